The molecular weight excluding hydrogens is 330 g/mol. The number of aryl methyl sites for hydroxylation is 1. The Morgan fingerprint density at radius 1 is 0.960 bits per heavy atom. The van der Waals surface area contributed by atoms with Crippen LogP contribution in [0.4, 0.5) is 0 Å². The minimum absolute atomic E-state index is 0.311. The lowest BCUT2D eigenvalue weighted by atomic mass is 9.57. The molecule has 25 heavy (non-hydrogen) atoms. The van der Waals surface area contributed by atoms with Crippen molar-refractivity contribution in [2.75, 3.05) is 0 Å². The van der Waals surface area contributed by atoms with Crippen LogP contribution < -0.4 is 5.46 Å². The fraction of sp³-hybridized carbons (Fsp3) is 0.714. The Morgan fingerprint density at radius 2 is 1.48 bits per heavy atom. The first kappa shape index (κ1) is 17.9. The molecule has 136 valence electrons. The van der Waals surface area contributed by atoms with Gasteiger partial charge in [0.05, 0.1) is 11.2 Å². The lowest BCUT2D eigenvalue weighted by molar-refractivity contribution is 0.00578. The van der Waals surface area contributed by atoms with E-state index >= 15 is 0 Å². The largest absolute Gasteiger partial charge is 0.495 e. The van der Waals surface area contributed by atoms with Crippen LogP contribution in [0.25, 0.3) is 0 Å². The first-order valence-electron chi connectivity index (χ1n) is 9.80. The van der Waals surface area contributed by atoms with Gasteiger partial charge in [0.2, 0.25) is 0 Å². The molecule has 0 spiro atoms. The summed E-state index contributed by atoms with van der Waals surface area (Å²) in [7, 11) is -0.337. The quantitative estimate of drug-likeness (QED) is 0.677. The van der Waals surface area contributed by atoms with Crippen molar-refractivity contribution in [2.45, 2.75) is 89.8 Å². The molecule has 0 unspecified atom stereocenters. The van der Waals surface area contributed by atoms with Gasteiger partial charge in [-0.2, -0.15) is 0 Å². The third-order valence-electron chi connectivity index (χ3n) is 7.53. The van der Waals surface area contributed by atoms with Gasteiger partial charge < -0.3 is 9.31 Å². The number of halogens is 1. The molecule has 3 aliphatic carbocycles. The summed E-state index contributed by atoms with van der Waals surface area (Å²) in [6, 6.07) is 4.44. The maximum atomic E-state index is 6.83. The van der Waals surface area contributed by atoms with Crippen LogP contribution in [0.2, 0.25) is 5.02 Å². The molecule has 5 rings (SSSR count). The van der Waals surface area contributed by atoms with E-state index in [9.17, 15) is 0 Å². The number of hydrogen-bond donors (Lipinski definition) is 0. The van der Waals surface area contributed by atoms with Crippen molar-refractivity contribution in [1.29, 1.82) is 0 Å². The average Bonchev–Trinajstić information content (AvgIpc) is 2.78. The van der Waals surface area contributed by atoms with Crippen LogP contribution in [0, 0.1) is 12.8 Å². The minimum Gasteiger partial charge on any atom is -0.399 e. The molecule has 1 saturated heterocycles. The summed E-state index contributed by atoms with van der Waals surface area (Å²) in [4.78, 5) is 0. The highest BCUT2D eigenvalue weighted by atomic mass is 35.5. The second kappa shape index (κ2) is 5.74. The second-order valence-corrected chi connectivity index (χ2v) is 9.95. The Kier molecular flexibility index (Phi) is 4.11. The third kappa shape index (κ3) is 2.78. The summed E-state index contributed by atoms with van der Waals surface area (Å²) in [5.74, 6) is 0.964. The van der Waals surface area contributed by atoms with Gasteiger partial charge in [0.15, 0.2) is 0 Å². The highest BCUT2D eigenvalue weighted by Gasteiger charge is 2.52. The smallest absolute Gasteiger partial charge is 0.399 e. The second-order valence-electron chi connectivity index (χ2n) is 9.54. The molecule has 0 N–H and O–H groups in total. The molecule has 2 nitrogen and oxygen atoms in total. The highest BCUT2D eigenvalue weighted by Crippen LogP contribution is 2.53. The molecule has 0 atom stereocenters. The summed E-state index contributed by atoms with van der Waals surface area (Å²) < 4.78 is 12.5. The molecule has 1 heterocycles. The molecule has 4 aliphatic rings. The van der Waals surface area contributed by atoms with Crippen molar-refractivity contribution in [3.8, 4) is 0 Å². The first-order chi connectivity index (χ1) is 11.6. The summed E-state index contributed by atoms with van der Waals surface area (Å²) in [6.45, 7) is 10.6. The fourth-order valence-corrected chi connectivity index (χ4v) is 5.35. The molecule has 1 aliphatic heterocycles. The molecule has 1 aromatic carbocycles. The van der Waals surface area contributed by atoms with E-state index in [1.807, 2.05) is 0 Å². The zero-order chi connectivity index (χ0) is 18.0. The molecule has 2 bridgehead atoms. The lowest BCUT2D eigenvalue weighted by Crippen LogP contribution is -2.41. The van der Waals surface area contributed by atoms with Crippen LogP contribution in [0.3, 0.4) is 0 Å². The van der Waals surface area contributed by atoms with E-state index in [-0.39, 0.29) is 18.3 Å². The normalized spacial score (nSPS) is 33.0. The van der Waals surface area contributed by atoms with E-state index in [0.29, 0.717) is 5.41 Å². The van der Waals surface area contributed by atoms with Gasteiger partial charge in [0.25, 0.3) is 0 Å². The van der Waals surface area contributed by atoms with Crippen LogP contribution in [0.15, 0.2) is 12.1 Å². The van der Waals surface area contributed by atoms with Crippen LogP contribution in [0.5, 0.6) is 0 Å². The monoisotopic (exact) mass is 360 g/mol. The van der Waals surface area contributed by atoms with Crippen molar-refractivity contribution in [3.63, 3.8) is 0 Å². The molecule has 4 heteroatoms. The van der Waals surface area contributed by atoms with E-state index in [0.717, 1.165) is 16.4 Å². The first-order valence-corrected chi connectivity index (χ1v) is 10.2. The third-order valence-corrected chi connectivity index (χ3v) is 7.84. The van der Waals surface area contributed by atoms with E-state index in [1.54, 1.807) is 0 Å². The van der Waals surface area contributed by atoms with Crippen molar-refractivity contribution in [2.24, 2.45) is 5.92 Å². The van der Waals surface area contributed by atoms with Crippen molar-refractivity contribution < 1.29 is 9.31 Å². The Labute approximate surface area is 157 Å². The predicted molar refractivity (Wildman–Crippen MR) is 105 cm³/mol. The Bertz CT molecular complexity index is 660. The Balaban J connectivity index is 1.68. The van der Waals surface area contributed by atoms with E-state index in [2.05, 4.69) is 46.8 Å². The van der Waals surface area contributed by atoms with Crippen molar-refractivity contribution >= 4 is 24.2 Å². The molecule has 0 radical (unpaired) electrons. The fourth-order valence-electron chi connectivity index (χ4n) is 4.98. The number of fused-ring (bicyclic) bond motifs is 3. The van der Waals surface area contributed by atoms with Gasteiger partial charge in [-0.25, -0.2) is 0 Å². The summed E-state index contributed by atoms with van der Waals surface area (Å²) in [5, 5.41) is 0.899. The van der Waals surface area contributed by atoms with Crippen LogP contribution in [-0.2, 0) is 14.7 Å². The number of hydrogen-bond acceptors (Lipinski definition) is 2. The van der Waals surface area contributed by atoms with Crippen LogP contribution >= 0.6 is 11.6 Å². The molecule has 0 amide bonds. The molecular formula is C21H30BClO2. The molecule has 0 aromatic heterocycles. The van der Waals surface area contributed by atoms with Gasteiger partial charge in [-0.3, -0.25) is 0 Å². The highest BCUT2D eigenvalue weighted by molar-refractivity contribution is 6.63. The molecule has 3 saturated carbocycles. The van der Waals surface area contributed by atoms with Crippen LogP contribution in [-0.4, -0.2) is 18.3 Å². The molecule has 4 fully saturated rings. The van der Waals surface area contributed by atoms with Gasteiger partial charge in [-0.15, -0.1) is 0 Å². The Morgan fingerprint density at radius 3 is 2.00 bits per heavy atom. The van der Waals surface area contributed by atoms with Crippen LogP contribution in [0.1, 0.15) is 77.3 Å². The topological polar surface area (TPSA) is 18.5 Å². The number of benzene rings is 1. The van der Waals surface area contributed by atoms with Gasteiger partial charge in [-0.05, 0) is 102 Å². The van der Waals surface area contributed by atoms with E-state index in [1.165, 1.54) is 49.7 Å². The van der Waals surface area contributed by atoms with Crippen molar-refractivity contribution in [3.05, 3.63) is 28.3 Å². The standard InChI is InChI=1S/C21H30BClO2/c1-14-12-16(21-9-6-15(7-10-21)8-11-21)18(23)13-17(14)22-24-19(2,3)20(4,5)25-22/h12-13,15H,6-11H2,1-5H3. The average molecular weight is 361 g/mol. The zero-order valence-electron chi connectivity index (χ0n) is 16.2. The summed E-state index contributed by atoms with van der Waals surface area (Å²) in [5.41, 5.74) is 3.34. The van der Waals surface area contributed by atoms with Gasteiger partial charge >= 0.3 is 7.12 Å². The number of rotatable bonds is 2. The summed E-state index contributed by atoms with van der Waals surface area (Å²) >= 11 is 6.83. The Hall–Kier alpha value is -0.505. The maximum absolute atomic E-state index is 6.83. The van der Waals surface area contributed by atoms with E-state index < -0.39 is 0 Å². The maximum Gasteiger partial charge on any atom is 0.495 e. The minimum atomic E-state index is -0.337. The SMILES string of the molecule is Cc1cc(C23CCC(CC2)CC3)c(Cl)cc1B1OC(C)(C)C(C)(C)O1. The van der Waals surface area contributed by atoms with E-state index in [4.69, 9.17) is 20.9 Å². The lowest BCUT2D eigenvalue weighted by Gasteiger charge is -2.47. The van der Waals surface area contributed by atoms with Crippen molar-refractivity contribution in [1.82, 2.24) is 0 Å². The van der Waals surface area contributed by atoms with Gasteiger partial charge in [0.1, 0.15) is 0 Å². The zero-order valence-corrected chi connectivity index (χ0v) is 17.0. The van der Waals surface area contributed by atoms with Gasteiger partial charge in [-0.1, -0.05) is 23.2 Å². The predicted octanol–water partition coefficient (Wildman–Crippen LogP) is 5.17. The molecule has 1 aromatic rings. The van der Waals surface area contributed by atoms with Gasteiger partial charge in [0, 0.05) is 5.02 Å². The summed E-state index contributed by atoms with van der Waals surface area (Å²) in [6.07, 6.45) is 8.00.